The second-order valence-electron chi connectivity index (χ2n) is 4.50. The minimum atomic E-state index is -0.545. The van der Waals surface area contributed by atoms with Crippen LogP contribution in [0.2, 0.25) is 0 Å². The molecule has 0 heterocycles. The first-order valence-corrected chi connectivity index (χ1v) is 7.60. The third-order valence-electron chi connectivity index (χ3n) is 2.94. The van der Waals surface area contributed by atoms with E-state index in [-0.39, 0.29) is 13.2 Å². The number of benzene rings is 2. The van der Waals surface area contributed by atoms with Gasteiger partial charge in [0, 0.05) is 3.57 Å². The van der Waals surface area contributed by atoms with Crippen LogP contribution < -0.4 is 5.32 Å². The van der Waals surface area contributed by atoms with E-state index in [0.29, 0.717) is 0 Å². The van der Waals surface area contributed by atoms with Gasteiger partial charge < -0.3 is 15.2 Å². The van der Waals surface area contributed by atoms with E-state index >= 15 is 0 Å². The number of ether oxygens (including phenoxy) is 1. The molecule has 2 rings (SSSR count). The topological polar surface area (TPSA) is 58.6 Å². The van der Waals surface area contributed by atoms with Crippen LogP contribution in [0.1, 0.15) is 17.2 Å². The van der Waals surface area contributed by atoms with Crippen molar-refractivity contribution in [1.29, 1.82) is 0 Å². The van der Waals surface area contributed by atoms with Crippen LogP contribution in [0.5, 0.6) is 0 Å². The third kappa shape index (κ3) is 5.02. The van der Waals surface area contributed by atoms with Gasteiger partial charge in [0.25, 0.3) is 0 Å². The van der Waals surface area contributed by atoms with E-state index in [4.69, 9.17) is 4.74 Å². The number of aliphatic hydroxyl groups excluding tert-OH is 1. The number of carbonyl (C=O) groups is 1. The van der Waals surface area contributed by atoms with Crippen LogP contribution in [0.4, 0.5) is 4.79 Å². The molecule has 2 aromatic carbocycles. The van der Waals surface area contributed by atoms with E-state index in [2.05, 4.69) is 27.9 Å². The van der Waals surface area contributed by atoms with Crippen molar-refractivity contribution < 1.29 is 14.6 Å². The largest absolute Gasteiger partial charge is 0.445 e. The molecule has 0 spiro atoms. The van der Waals surface area contributed by atoms with Gasteiger partial charge in [-0.1, -0.05) is 42.5 Å². The van der Waals surface area contributed by atoms with Gasteiger partial charge in [0.05, 0.1) is 12.6 Å². The van der Waals surface area contributed by atoms with E-state index in [0.717, 1.165) is 14.7 Å². The van der Waals surface area contributed by atoms with Crippen LogP contribution in [0, 0.1) is 3.57 Å². The van der Waals surface area contributed by atoms with E-state index in [1.54, 1.807) is 0 Å². The molecule has 1 atom stereocenters. The second-order valence-corrected chi connectivity index (χ2v) is 5.74. The van der Waals surface area contributed by atoms with Crippen LogP contribution in [0.3, 0.4) is 0 Å². The molecule has 0 radical (unpaired) electrons. The third-order valence-corrected chi connectivity index (χ3v) is 3.61. The summed E-state index contributed by atoms with van der Waals surface area (Å²) in [4.78, 5) is 11.8. The van der Waals surface area contributed by atoms with Gasteiger partial charge >= 0.3 is 6.09 Å². The Bertz CT molecular complexity index is 589. The molecule has 110 valence electrons. The first kappa shape index (κ1) is 15.8. The number of halogens is 1. The smallest absolute Gasteiger partial charge is 0.408 e. The highest BCUT2D eigenvalue weighted by atomic mass is 127. The maximum absolute atomic E-state index is 11.8. The monoisotopic (exact) mass is 397 g/mol. The van der Waals surface area contributed by atoms with Gasteiger partial charge in [-0.15, -0.1) is 0 Å². The molecular weight excluding hydrogens is 381 g/mol. The van der Waals surface area contributed by atoms with Crippen molar-refractivity contribution in [3.63, 3.8) is 0 Å². The summed E-state index contributed by atoms with van der Waals surface area (Å²) in [6.07, 6.45) is -0.545. The number of amides is 1. The number of alkyl carbamates (subject to hydrolysis) is 1. The summed E-state index contributed by atoms with van der Waals surface area (Å²) in [5, 5.41) is 12.1. The summed E-state index contributed by atoms with van der Waals surface area (Å²) in [6, 6.07) is 16.6. The highest BCUT2D eigenvalue weighted by molar-refractivity contribution is 14.1. The van der Waals surface area contributed by atoms with E-state index in [9.17, 15) is 9.90 Å². The molecule has 21 heavy (non-hydrogen) atoms. The van der Waals surface area contributed by atoms with Crippen LogP contribution in [0.15, 0.2) is 54.6 Å². The first-order chi connectivity index (χ1) is 10.2. The molecule has 1 unspecified atom stereocenters. The molecule has 0 aliphatic heterocycles. The maximum atomic E-state index is 11.8. The zero-order valence-electron chi connectivity index (χ0n) is 11.3. The SMILES string of the molecule is O=C(NC(CO)c1cccc(I)c1)OCc1ccccc1. The molecule has 0 aliphatic carbocycles. The Kier molecular flexibility index (Phi) is 6.01. The lowest BCUT2D eigenvalue weighted by Gasteiger charge is -2.17. The predicted octanol–water partition coefficient (Wildman–Crippen LogP) is 3.25. The van der Waals surface area contributed by atoms with Crippen LogP contribution in [-0.2, 0) is 11.3 Å². The molecule has 2 N–H and O–H groups in total. The summed E-state index contributed by atoms with van der Waals surface area (Å²) in [5.41, 5.74) is 1.77. The van der Waals surface area contributed by atoms with Crippen molar-refractivity contribution >= 4 is 28.7 Å². The summed E-state index contributed by atoms with van der Waals surface area (Å²) in [5.74, 6) is 0. The van der Waals surface area contributed by atoms with Gasteiger partial charge in [-0.3, -0.25) is 0 Å². The van der Waals surface area contributed by atoms with Gasteiger partial charge in [-0.2, -0.15) is 0 Å². The number of rotatable bonds is 5. The van der Waals surface area contributed by atoms with Gasteiger partial charge in [0.1, 0.15) is 6.61 Å². The first-order valence-electron chi connectivity index (χ1n) is 6.52. The summed E-state index contributed by atoms with van der Waals surface area (Å²) >= 11 is 2.19. The number of hydrogen-bond donors (Lipinski definition) is 2. The Morgan fingerprint density at radius 1 is 1.19 bits per heavy atom. The predicted molar refractivity (Wildman–Crippen MR) is 88.7 cm³/mol. The molecule has 2 aromatic rings. The second kappa shape index (κ2) is 7.99. The highest BCUT2D eigenvalue weighted by Gasteiger charge is 2.14. The Hall–Kier alpha value is -1.60. The standard InChI is InChI=1S/C16H16INO3/c17-14-8-4-7-13(9-14)15(10-19)18-16(20)21-11-12-5-2-1-3-6-12/h1-9,15,19H,10-11H2,(H,18,20). The number of nitrogens with one attached hydrogen (secondary N) is 1. The van der Waals surface area contributed by atoms with Gasteiger partial charge in [0.15, 0.2) is 0 Å². The average molecular weight is 397 g/mol. The molecule has 1 amide bonds. The van der Waals surface area contributed by atoms with Gasteiger partial charge in [-0.05, 0) is 45.9 Å². The minimum absolute atomic E-state index is 0.180. The summed E-state index contributed by atoms with van der Waals surface area (Å²) < 4.78 is 6.19. The van der Waals surface area contributed by atoms with Gasteiger partial charge in [-0.25, -0.2) is 4.79 Å². The van der Waals surface area contributed by atoms with Crippen LogP contribution >= 0.6 is 22.6 Å². The molecule has 5 heteroatoms. The van der Waals surface area contributed by atoms with E-state index in [1.807, 2.05) is 54.6 Å². The Morgan fingerprint density at radius 3 is 2.62 bits per heavy atom. The Balaban J connectivity index is 1.91. The fourth-order valence-corrected chi connectivity index (χ4v) is 2.43. The number of hydrogen-bond acceptors (Lipinski definition) is 3. The normalized spacial score (nSPS) is 11.7. The molecular formula is C16H16INO3. The maximum Gasteiger partial charge on any atom is 0.408 e. The van der Waals surface area contributed by atoms with Gasteiger partial charge in [0.2, 0.25) is 0 Å². The van der Waals surface area contributed by atoms with Crippen molar-refractivity contribution in [3.8, 4) is 0 Å². The molecule has 4 nitrogen and oxygen atoms in total. The Morgan fingerprint density at radius 2 is 1.95 bits per heavy atom. The van der Waals surface area contributed by atoms with E-state index < -0.39 is 12.1 Å². The lowest BCUT2D eigenvalue weighted by Crippen LogP contribution is -2.31. The van der Waals surface area contributed by atoms with Crippen molar-refractivity contribution in [2.45, 2.75) is 12.6 Å². The van der Waals surface area contributed by atoms with Crippen molar-refractivity contribution in [1.82, 2.24) is 5.32 Å². The van der Waals surface area contributed by atoms with Crippen LogP contribution in [-0.4, -0.2) is 17.8 Å². The number of aliphatic hydroxyl groups is 1. The lowest BCUT2D eigenvalue weighted by molar-refractivity contribution is 0.129. The minimum Gasteiger partial charge on any atom is -0.445 e. The van der Waals surface area contributed by atoms with Crippen molar-refractivity contribution in [3.05, 3.63) is 69.3 Å². The Labute approximate surface area is 137 Å². The zero-order chi connectivity index (χ0) is 15.1. The molecule has 0 aromatic heterocycles. The lowest BCUT2D eigenvalue weighted by atomic mass is 10.1. The van der Waals surface area contributed by atoms with Crippen molar-refractivity contribution in [2.24, 2.45) is 0 Å². The zero-order valence-corrected chi connectivity index (χ0v) is 13.5. The van der Waals surface area contributed by atoms with Crippen molar-refractivity contribution in [2.75, 3.05) is 6.61 Å². The highest BCUT2D eigenvalue weighted by Crippen LogP contribution is 2.16. The molecule has 0 saturated heterocycles. The quantitative estimate of drug-likeness (QED) is 0.762. The number of carbonyl (C=O) groups excluding carboxylic acids is 1. The molecule has 0 aliphatic rings. The fraction of sp³-hybridized carbons (Fsp3) is 0.188. The molecule has 0 bridgehead atoms. The molecule has 0 saturated carbocycles. The fourth-order valence-electron chi connectivity index (χ4n) is 1.86. The molecule has 0 fully saturated rings. The van der Waals surface area contributed by atoms with E-state index in [1.165, 1.54) is 0 Å². The summed E-state index contributed by atoms with van der Waals surface area (Å²) in [6.45, 7) is 0.0255. The summed E-state index contributed by atoms with van der Waals surface area (Å²) in [7, 11) is 0. The van der Waals surface area contributed by atoms with Crippen LogP contribution in [0.25, 0.3) is 0 Å². The average Bonchev–Trinajstić information content (AvgIpc) is 2.51.